The molecule has 48 valence electrons. The molecule has 0 aromatic rings. The minimum absolute atomic E-state index is 0.153. The molecule has 0 aliphatic heterocycles. The third-order valence-corrected chi connectivity index (χ3v) is 0.966. The highest BCUT2D eigenvalue weighted by atomic mass is 16.5. The SMILES string of the molecule is CC=CC(C)C(O)O. The molecular weight excluding hydrogens is 104 g/mol. The number of rotatable bonds is 2. The van der Waals surface area contributed by atoms with Crippen molar-refractivity contribution in [3.05, 3.63) is 12.2 Å². The number of allylic oxidation sites excluding steroid dienone is 1. The van der Waals surface area contributed by atoms with Gasteiger partial charge in [-0.25, -0.2) is 0 Å². The molecule has 1 unspecified atom stereocenters. The van der Waals surface area contributed by atoms with Crippen LogP contribution in [0.4, 0.5) is 0 Å². The van der Waals surface area contributed by atoms with E-state index in [9.17, 15) is 0 Å². The summed E-state index contributed by atoms with van der Waals surface area (Å²) >= 11 is 0. The number of hydrogen-bond acceptors (Lipinski definition) is 2. The molecule has 0 spiro atoms. The van der Waals surface area contributed by atoms with Gasteiger partial charge in [0.1, 0.15) is 0 Å². The van der Waals surface area contributed by atoms with Gasteiger partial charge in [-0.1, -0.05) is 19.1 Å². The van der Waals surface area contributed by atoms with Gasteiger partial charge in [-0.3, -0.25) is 0 Å². The zero-order chi connectivity index (χ0) is 6.57. The fraction of sp³-hybridized carbons (Fsp3) is 0.667. The van der Waals surface area contributed by atoms with Crippen LogP contribution in [-0.2, 0) is 0 Å². The monoisotopic (exact) mass is 116 g/mol. The van der Waals surface area contributed by atoms with Crippen LogP contribution in [0.15, 0.2) is 12.2 Å². The van der Waals surface area contributed by atoms with Crippen molar-refractivity contribution in [3.8, 4) is 0 Å². The molecule has 1 atom stereocenters. The third kappa shape index (κ3) is 2.77. The van der Waals surface area contributed by atoms with Crippen LogP contribution in [0.2, 0.25) is 0 Å². The fourth-order valence-electron chi connectivity index (χ4n) is 0.403. The van der Waals surface area contributed by atoms with Gasteiger partial charge in [0.15, 0.2) is 6.29 Å². The summed E-state index contributed by atoms with van der Waals surface area (Å²) < 4.78 is 0. The Kier molecular flexibility index (Phi) is 3.48. The highest BCUT2D eigenvalue weighted by molar-refractivity contribution is 4.83. The van der Waals surface area contributed by atoms with E-state index >= 15 is 0 Å². The molecule has 0 aromatic carbocycles. The maximum absolute atomic E-state index is 8.46. The fourth-order valence-corrected chi connectivity index (χ4v) is 0.403. The van der Waals surface area contributed by atoms with Gasteiger partial charge in [0.05, 0.1) is 0 Å². The Balaban J connectivity index is 3.47. The molecule has 0 aliphatic carbocycles. The van der Waals surface area contributed by atoms with Crippen LogP contribution in [0.5, 0.6) is 0 Å². The van der Waals surface area contributed by atoms with Crippen LogP contribution in [-0.4, -0.2) is 16.5 Å². The van der Waals surface area contributed by atoms with E-state index in [4.69, 9.17) is 10.2 Å². The quantitative estimate of drug-likeness (QED) is 0.407. The van der Waals surface area contributed by atoms with Crippen molar-refractivity contribution >= 4 is 0 Å². The van der Waals surface area contributed by atoms with Crippen LogP contribution in [0.3, 0.4) is 0 Å². The Morgan fingerprint density at radius 2 is 1.88 bits per heavy atom. The van der Waals surface area contributed by atoms with E-state index in [-0.39, 0.29) is 5.92 Å². The predicted molar refractivity (Wildman–Crippen MR) is 32.2 cm³/mol. The summed E-state index contributed by atoms with van der Waals surface area (Å²) in [6.07, 6.45) is 2.32. The zero-order valence-electron chi connectivity index (χ0n) is 5.20. The van der Waals surface area contributed by atoms with Crippen LogP contribution in [0.25, 0.3) is 0 Å². The van der Waals surface area contributed by atoms with E-state index in [0.717, 1.165) is 0 Å². The summed E-state index contributed by atoms with van der Waals surface area (Å²) in [5.41, 5.74) is 0. The van der Waals surface area contributed by atoms with Gasteiger partial charge < -0.3 is 10.2 Å². The summed E-state index contributed by atoms with van der Waals surface area (Å²) in [6, 6.07) is 0. The minimum Gasteiger partial charge on any atom is -0.368 e. The second-order valence-corrected chi connectivity index (χ2v) is 1.80. The van der Waals surface area contributed by atoms with Crippen LogP contribution in [0, 0.1) is 5.92 Å². The molecule has 0 aliphatic rings. The van der Waals surface area contributed by atoms with E-state index in [1.807, 2.05) is 6.92 Å². The molecular formula is C6H12O2. The second kappa shape index (κ2) is 3.64. The van der Waals surface area contributed by atoms with Gasteiger partial charge in [-0.15, -0.1) is 0 Å². The molecule has 0 radical (unpaired) electrons. The standard InChI is InChI=1S/C6H12O2/c1-3-4-5(2)6(7)8/h3-8H,1-2H3. The molecule has 0 fully saturated rings. The molecule has 0 rings (SSSR count). The highest BCUT2D eigenvalue weighted by Crippen LogP contribution is 1.99. The van der Waals surface area contributed by atoms with E-state index < -0.39 is 6.29 Å². The second-order valence-electron chi connectivity index (χ2n) is 1.80. The normalized spacial score (nSPS) is 15.6. The molecule has 0 saturated heterocycles. The van der Waals surface area contributed by atoms with E-state index in [2.05, 4.69) is 0 Å². The van der Waals surface area contributed by atoms with Crippen LogP contribution in [0.1, 0.15) is 13.8 Å². The molecule has 0 saturated carbocycles. The smallest absolute Gasteiger partial charge is 0.157 e. The van der Waals surface area contributed by atoms with Gasteiger partial charge in [-0.2, -0.15) is 0 Å². The summed E-state index contributed by atoms with van der Waals surface area (Å²) in [6.45, 7) is 3.59. The number of aliphatic hydroxyl groups is 2. The van der Waals surface area contributed by atoms with Gasteiger partial charge in [-0.05, 0) is 6.92 Å². The van der Waals surface area contributed by atoms with Crippen molar-refractivity contribution < 1.29 is 10.2 Å². The van der Waals surface area contributed by atoms with Crippen molar-refractivity contribution in [2.45, 2.75) is 20.1 Å². The molecule has 0 amide bonds. The van der Waals surface area contributed by atoms with Gasteiger partial charge in [0, 0.05) is 5.92 Å². The lowest BCUT2D eigenvalue weighted by atomic mass is 10.1. The topological polar surface area (TPSA) is 40.5 Å². The molecule has 0 bridgehead atoms. The van der Waals surface area contributed by atoms with Gasteiger partial charge in [0.2, 0.25) is 0 Å². The van der Waals surface area contributed by atoms with Crippen LogP contribution >= 0.6 is 0 Å². The lowest BCUT2D eigenvalue weighted by Crippen LogP contribution is -2.13. The van der Waals surface area contributed by atoms with Crippen molar-refractivity contribution in [2.75, 3.05) is 0 Å². The van der Waals surface area contributed by atoms with Crippen molar-refractivity contribution in [1.82, 2.24) is 0 Å². The molecule has 0 heterocycles. The highest BCUT2D eigenvalue weighted by Gasteiger charge is 2.03. The summed E-state index contributed by atoms with van der Waals surface area (Å²) in [7, 11) is 0. The summed E-state index contributed by atoms with van der Waals surface area (Å²) in [5.74, 6) is -0.153. The van der Waals surface area contributed by atoms with Gasteiger partial charge >= 0.3 is 0 Å². The molecule has 0 aromatic heterocycles. The van der Waals surface area contributed by atoms with Crippen LogP contribution < -0.4 is 0 Å². The molecule has 2 heteroatoms. The minimum atomic E-state index is -1.22. The maximum atomic E-state index is 8.46. The maximum Gasteiger partial charge on any atom is 0.157 e. The van der Waals surface area contributed by atoms with Crippen molar-refractivity contribution in [3.63, 3.8) is 0 Å². The van der Waals surface area contributed by atoms with E-state index in [1.165, 1.54) is 0 Å². The Bertz CT molecular complexity index is 76.6. The number of hydrogen-bond donors (Lipinski definition) is 2. The summed E-state index contributed by atoms with van der Waals surface area (Å²) in [4.78, 5) is 0. The first-order valence-corrected chi connectivity index (χ1v) is 2.67. The lowest BCUT2D eigenvalue weighted by Gasteiger charge is -2.06. The largest absolute Gasteiger partial charge is 0.368 e. The van der Waals surface area contributed by atoms with E-state index in [0.29, 0.717) is 0 Å². The Morgan fingerprint density at radius 1 is 1.38 bits per heavy atom. The van der Waals surface area contributed by atoms with Crippen molar-refractivity contribution in [2.24, 2.45) is 5.92 Å². The van der Waals surface area contributed by atoms with Crippen molar-refractivity contribution in [1.29, 1.82) is 0 Å². The Hall–Kier alpha value is -0.340. The average molecular weight is 116 g/mol. The average Bonchev–Trinajstić information content (AvgIpc) is 1.67. The van der Waals surface area contributed by atoms with E-state index in [1.54, 1.807) is 19.1 Å². The molecule has 2 N–H and O–H groups in total. The first-order valence-electron chi connectivity index (χ1n) is 2.67. The Morgan fingerprint density at radius 3 is 2.00 bits per heavy atom. The predicted octanol–water partition coefficient (Wildman–Crippen LogP) is 0.509. The third-order valence-electron chi connectivity index (χ3n) is 0.966. The Labute approximate surface area is 49.5 Å². The summed E-state index contributed by atoms with van der Waals surface area (Å²) in [5, 5.41) is 16.9. The first kappa shape index (κ1) is 7.66. The first-order chi connectivity index (χ1) is 3.68. The lowest BCUT2D eigenvalue weighted by molar-refractivity contribution is -0.0652. The molecule has 2 nitrogen and oxygen atoms in total. The van der Waals surface area contributed by atoms with Gasteiger partial charge in [0.25, 0.3) is 0 Å². The zero-order valence-corrected chi connectivity index (χ0v) is 5.20. The number of aliphatic hydroxyl groups excluding tert-OH is 1. The molecule has 8 heavy (non-hydrogen) atoms.